The van der Waals surface area contributed by atoms with Gasteiger partial charge in [-0.15, -0.1) is 0 Å². The first kappa shape index (κ1) is 15.9. The first-order valence-corrected chi connectivity index (χ1v) is 6.82. The van der Waals surface area contributed by atoms with E-state index in [4.69, 9.17) is 19.0 Å². The topological polar surface area (TPSA) is 68.9 Å². The first-order chi connectivity index (χ1) is 10.7. The molecule has 0 fully saturated rings. The largest absolute Gasteiger partial charge is 0.485 e. The van der Waals surface area contributed by atoms with E-state index in [0.717, 1.165) is 11.1 Å². The highest BCUT2D eigenvalue weighted by Gasteiger charge is 2.21. The molecule has 5 nitrogen and oxygen atoms in total. The second kappa shape index (κ2) is 7.47. The Labute approximate surface area is 128 Å². The van der Waals surface area contributed by atoms with Crippen LogP contribution in [0.3, 0.4) is 0 Å². The summed E-state index contributed by atoms with van der Waals surface area (Å²) in [5.41, 5.74) is 1.62. The minimum absolute atomic E-state index is 0.0244. The van der Waals surface area contributed by atoms with Gasteiger partial charge in [0.2, 0.25) is 0 Å². The zero-order valence-electron chi connectivity index (χ0n) is 12.5. The Bertz CT molecular complexity index is 655. The highest BCUT2D eigenvalue weighted by molar-refractivity contribution is 5.90. The maximum atomic E-state index is 11.8. The zero-order valence-corrected chi connectivity index (χ0v) is 12.5. The molecule has 116 valence electrons. The summed E-state index contributed by atoms with van der Waals surface area (Å²) in [6.07, 6.45) is 1.73. The molecule has 1 N–H and O–H groups in total. The van der Waals surface area contributed by atoms with Gasteiger partial charge in [-0.3, -0.25) is 0 Å². The van der Waals surface area contributed by atoms with Crippen LogP contribution in [-0.4, -0.2) is 31.4 Å². The zero-order chi connectivity index (χ0) is 15.9. The third-order valence-electron chi connectivity index (χ3n) is 3.05. The number of aliphatic hydroxyl groups is 1. The number of esters is 1. The van der Waals surface area contributed by atoms with Crippen molar-refractivity contribution in [2.45, 2.75) is 6.92 Å². The van der Waals surface area contributed by atoms with Crippen molar-refractivity contribution in [1.82, 2.24) is 0 Å². The lowest BCUT2D eigenvalue weighted by molar-refractivity contribution is 0.0560. The van der Waals surface area contributed by atoms with Crippen LogP contribution in [0.25, 0.3) is 11.3 Å². The van der Waals surface area contributed by atoms with Gasteiger partial charge in [0.05, 0.1) is 13.7 Å². The van der Waals surface area contributed by atoms with Crippen LogP contribution in [-0.2, 0) is 4.74 Å². The highest BCUT2D eigenvalue weighted by atomic mass is 16.5. The SMILES string of the molecule is COC(=O)c1oc(-c2ccccc2)cc1OC/C=C(/C)CO. The third kappa shape index (κ3) is 3.77. The number of methoxy groups -OCH3 is 1. The average molecular weight is 302 g/mol. The fraction of sp³-hybridized carbons (Fsp3) is 0.235. The van der Waals surface area contributed by atoms with Crippen molar-refractivity contribution in [1.29, 1.82) is 0 Å². The van der Waals surface area contributed by atoms with Gasteiger partial charge >= 0.3 is 5.97 Å². The highest BCUT2D eigenvalue weighted by Crippen LogP contribution is 2.31. The smallest absolute Gasteiger partial charge is 0.377 e. The van der Waals surface area contributed by atoms with Gasteiger partial charge < -0.3 is 19.0 Å². The summed E-state index contributed by atoms with van der Waals surface area (Å²) in [4.78, 5) is 11.8. The Morgan fingerprint density at radius 1 is 1.32 bits per heavy atom. The van der Waals surface area contributed by atoms with E-state index in [0.29, 0.717) is 11.5 Å². The number of furan rings is 1. The number of aliphatic hydroxyl groups excluding tert-OH is 1. The van der Waals surface area contributed by atoms with Gasteiger partial charge in [-0.1, -0.05) is 30.3 Å². The molecule has 22 heavy (non-hydrogen) atoms. The lowest BCUT2D eigenvalue weighted by Gasteiger charge is -2.02. The predicted octanol–water partition coefficient (Wildman–Crippen LogP) is 3.05. The number of hydrogen-bond acceptors (Lipinski definition) is 5. The number of ether oxygens (including phenoxy) is 2. The van der Waals surface area contributed by atoms with E-state index in [1.807, 2.05) is 30.3 Å². The molecule has 5 heteroatoms. The van der Waals surface area contributed by atoms with Crippen LogP contribution in [0.4, 0.5) is 0 Å². The van der Waals surface area contributed by atoms with Gasteiger partial charge in [-0.2, -0.15) is 0 Å². The van der Waals surface area contributed by atoms with Crippen molar-refractivity contribution in [3.63, 3.8) is 0 Å². The van der Waals surface area contributed by atoms with Crippen LogP contribution in [0.5, 0.6) is 5.75 Å². The molecule has 2 rings (SSSR count). The van der Waals surface area contributed by atoms with E-state index in [1.54, 1.807) is 19.1 Å². The summed E-state index contributed by atoms with van der Waals surface area (Å²) in [7, 11) is 1.28. The molecule has 0 aliphatic heterocycles. The van der Waals surface area contributed by atoms with E-state index >= 15 is 0 Å². The molecule has 0 spiro atoms. The lowest BCUT2D eigenvalue weighted by Crippen LogP contribution is -2.03. The summed E-state index contributed by atoms with van der Waals surface area (Å²) in [6, 6.07) is 11.1. The van der Waals surface area contributed by atoms with E-state index in [1.165, 1.54) is 7.11 Å². The Morgan fingerprint density at radius 2 is 2.05 bits per heavy atom. The van der Waals surface area contributed by atoms with Gasteiger partial charge in [-0.25, -0.2) is 4.79 Å². The molecule has 2 aromatic rings. The summed E-state index contributed by atoms with van der Waals surface area (Å²) >= 11 is 0. The van der Waals surface area contributed by atoms with Crippen LogP contribution in [0, 0.1) is 0 Å². The Balaban J connectivity index is 2.27. The Kier molecular flexibility index (Phi) is 5.38. The standard InChI is InChI=1S/C17H18O5/c1-12(11-18)8-9-21-15-10-14(13-6-4-3-5-7-13)22-16(15)17(19)20-2/h3-8,10,18H,9,11H2,1-2H3/b12-8-. The maximum Gasteiger partial charge on any atom is 0.377 e. The van der Waals surface area contributed by atoms with Crippen LogP contribution >= 0.6 is 0 Å². The molecule has 0 atom stereocenters. The van der Waals surface area contributed by atoms with Crippen LogP contribution in [0.2, 0.25) is 0 Å². The fourth-order valence-corrected chi connectivity index (χ4v) is 1.80. The molecule has 0 aliphatic carbocycles. The minimum atomic E-state index is -0.597. The van der Waals surface area contributed by atoms with Gasteiger partial charge in [0.1, 0.15) is 12.4 Å². The third-order valence-corrected chi connectivity index (χ3v) is 3.05. The summed E-state index contributed by atoms with van der Waals surface area (Å²) < 4.78 is 15.8. The minimum Gasteiger partial charge on any atom is -0.485 e. The Hall–Kier alpha value is -2.53. The fourth-order valence-electron chi connectivity index (χ4n) is 1.80. The number of hydrogen-bond donors (Lipinski definition) is 1. The Morgan fingerprint density at radius 3 is 2.68 bits per heavy atom. The van der Waals surface area contributed by atoms with Crippen LogP contribution in [0.1, 0.15) is 17.5 Å². The molecule has 0 radical (unpaired) electrons. The summed E-state index contributed by atoms with van der Waals surface area (Å²) in [5, 5.41) is 8.95. The molecule has 0 saturated heterocycles. The predicted molar refractivity (Wildman–Crippen MR) is 81.8 cm³/mol. The van der Waals surface area contributed by atoms with Crippen molar-refractivity contribution in [3.05, 3.63) is 53.8 Å². The van der Waals surface area contributed by atoms with Gasteiger partial charge in [0.15, 0.2) is 5.75 Å². The van der Waals surface area contributed by atoms with Crippen molar-refractivity contribution < 1.29 is 23.8 Å². The second-order valence-electron chi connectivity index (χ2n) is 4.68. The van der Waals surface area contributed by atoms with Crippen LogP contribution in [0.15, 0.2) is 52.5 Å². The average Bonchev–Trinajstić information content (AvgIpc) is 2.99. The first-order valence-electron chi connectivity index (χ1n) is 6.82. The van der Waals surface area contributed by atoms with Gasteiger partial charge in [-0.05, 0) is 18.6 Å². The molecular formula is C17H18O5. The molecule has 0 aliphatic rings. The number of carbonyl (C=O) groups excluding carboxylic acids is 1. The number of carbonyl (C=O) groups is 1. The monoisotopic (exact) mass is 302 g/mol. The molecule has 0 amide bonds. The number of benzene rings is 1. The van der Waals surface area contributed by atoms with Gasteiger partial charge in [0.25, 0.3) is 5.76 Å². The molecule has 1 heterocycles. The molecular weight excluding hydrogens is 284 g/mol. The van der Waals surface area contributed by atoms with Crippen molar-refractivity contribution in [3.8, 4) is 17.1 Å². The van der Waals surface area contributed by atoms with Crippen molar-refractivity contribution in [2.24, 2.45) is 0 Å². The molecule has 0 bridgehead atoms. The van der Waals surface area contributed by atoms with E-state index in [-0.39, 0.29) is 19.0 Å². The second-order valence-corrected chi connectivity index (χ2v) is 4.68. The molecule has 0 saturated carbocycles. The van der Waals surface area contributed by atoms with Crippen LogP contribution < -0.4 is 4.74 Å². The van der Waals surface area contributed by atoms with E-state index < -0.39 is 5.97 Å². The lowest BCUT2D eigenvalue weighted by atomic mass is 10.2. The maximum absolute atomic E-state index is 11.8. The normalized spacial score (nSPS) is 11.3. The number of rotatable bonds is 6. The van der Waals surface area contributed by atoms with Crippen molar-refractivity contribution in [2.75, 3.05) is 20.3 Å². The quantitative estimate of drug-likeness (QED) is 0.656. The van der Waals surface area contributed by atoms with Gasteiger partial charge in [0, 0.05) is 11.6 Å². The molecule has 0 unspecified atom stereocenters. The molecule has 1 aromatic heterocycles. The van der Waals surface area contributed by atoms with E-state index in [2.05, 4.69) is 0 Å². The summed E-state index contributed by atoms with van der Waals surface area (Å²) in [5.74, 6) is 0.267. The summed E-state index contributed by atoms with van der Waals surface area (Å²) in [6.45, 7) is 1.98. The molecule has 1 aromatic carbocycles. The van der Waals surface area contributed by atoms with Crippen molar-refractivity contribution >= 4 is 5.97 Å². The van der Waals surface area contributed by atoms with E-state index in [9.17, 15) is 4.79 Å².